The molecule has 0 radical (unpaired) electrons. The van der Waals surface area contributed by atoms with Crippen molar-refractivity contribution in [1.82, 2.24) is 9.88 Å². The van der Waals surface area contributed by atoms with E-state index in [2.05, 4.69) is 42.9 Å². The second kappa shape index (κ2) is 5.97. The second-order valence-electron chi connectivity index (χ2n) is 5.19. The Hall–Kier alpha value is -0.930. The molecule has 0 spiro atoms. The number of nitrogens with zero attached hydrogens (tertiary/aromatic N) is 2. The first-order valence-electron chi connectivity index (χ1n) is 5.84. The molecule has 16 heavy (non-hydrogen) atoms. The maximum atomic E-state index is 5.95. The van der Waals surface area contributed by atoms with Crippen molar-refractivity contribution in [3.8, 4) is 0 Å². The minimum absolute atomic E-state index is 0.0441. The van der Waals surface area contributed by atoms with Gasteiger partial charge in [0.25, 0.3) is 0 Å². The monoisotopic (exact) mass is 221 g/mol. The zero-order valence-electron chi connectivity index (χ0n) is 10.6. The lowest BCUT2D eigenvalue weighted by Crippen LogP contribution is -2.33. The van der Waals surface area contributed by atoms with Gasteiger partial charge in [-0.2, -0.15) is 0 Å². The molecule has 0 saturated carbocycles. The Kier molecular flexibility index (Phi) is 4.90. The Morgan fingerprint density at radius 1 is 1.31 bits per heavy atom. The normalized spacial score (nSPS) is 12.1. The van der Waals surface area contributed by atoms with E-state index >= 15 is 0 Å². The van der Waals surface area contributed by atoms with E-state index < -0.39 is 0 Å². The van der Waals surface area contributed by atoms with E-state index in [1.165, 1.54) is 5.56 Å². The summed E-state index contributed by atoms with van der Waals surface area (Å²) in [6, 6.07) is 4.12. The van der Waals surface area contributed by atoms with Crippen molar-refractivity contribution in [3.05, 3.63) is 30.1 Å². The molecule has 0 aliphatic heterocycles. The first-order valence-corrected chi connectivity index (χ1v) is 5.84. The van der Waals surface area contributed by atoms with Crippen molar-refractivity contribution < 1.29 is 0 Å². The van der Waals surface area contributed by atoms with Crippen molar-refractivity contribution in [1.29, 1.82) is 0 Å². The van der Waals surface area contributed by atoms with E-state index in [1.807, 2.05) is 12.4 Å². The highest BCUT2D eigenvalue weighted by atomic mass is 15.1. The van der Waals surface area contributed by atoms with E-state index in [-0.39, 0.29) is 5.54 Å². The third-order valence-corrected chi connectivity index (χ3v) is 2.56. The van der Waals surface area contributed by atoms with Crippen LogP contribution in [0.1, 0.15) is 32.3 Å². The molecule has 0 fully saturated rings. The molecule has 0 unspecified atom stereocenters. The SMILES string of the molecule is CN(CCCC(C)(C)N)Cc1ccncc1. The van der Waals surface area contributed by atoms with Crippen molar-refractivity contribution in [2.75, 3.05) is 13.6 Å². The molecular formula is C13H23N3. The van der Waals surface area contributed by atoms with Gasteiger partial charge in [0, 0.05) is 24.5 Å². The highest BCUT2D eigenvalue weighted by Gasteiger charge is 2.10. The number of hydrogen-bond acceptors (Lipinski definition) is 3. The van der Waals surface area contributed by atoms with Crippen molar-refractivity contribution >= 4 is 0 Å². The molecule has 1 aromatic rings. The van der Waals surface area contributed by atoms with Crippen LogP contribution < -0.4 is 5.73 Å². The van der Waals surface area contributed by atoms with Gasteiger partial charge in [0.15, 0.2) is 0 Å². The summed E-state index contributed by atoms with van der Waals surface area (Å²) in [5, 5.41) is 0. The third-order valence-electron chi connectivity index (χ3n) is 2.56. The van der Waals surface area contributed by atoms with Gasteiger partial charge in [0.05, 0.1) is 0 Å². The molecule has 3 heteroatoms. The second-order valence-corrected chi connectivity index (χ2v) is 5.19. The number of nitrogens with two attached hydrogens (primary N) is 1. The minimum Gasteiger partial charge on any atom is -0.326 e. The molecule has 90 valence electrons. The van der Waals surface area contributed by atoms with Crippen LogP contribution >= 0.6 is 0 Å². The lowest BCUT2D eigenvalue weighted by molar-refractivity contribution is 0.303. The molecule has 0 saturated heterocycles. The van der Waals surface area contributed by atoms with Gasteiger partial charge < -0.3 is 10.6 Å². The van der Waals surface area contributed by atoms with E-state index in [0.29, 0.717) is 0 Å². The molecule has 3 nitrogen and oxygen atoms in total. The van der Waals surface area contributed by atoms with Crippen LogP contribution in [0.2, 0.25) is 0 Å². The standard InChI is InChI=1S/C13H23N3/c1-13(2,14)7-4-10-16(3)11-12-5-8-15-9-6-12/h5-6,8-9H,4,7,10-11,14H2,1-3H3. The lowest BCUT2D eigenvalue weighted by Gasteiger charge is -2.21. The van der Waals surface area contributed by atoms with Gasteiger partial charge in [0.1, 0.15) is 0 Å². The fraction of sp³-hybridized carbons (Fsp3) is 0.615. The average Bonchev–Trinajstić information content (AvgIpc) is 2.17. The van der Waals surface area contributed by atoms with Crippen LogP contribution in [0, 0.1) is 0 Å². The van der Waals surface area contributed by atoms with Crippen LogP contribution in [0.3, 0.4) is 0 Å². The van der Waals surface area contributed by atoms with Crippen LogP contribution in [0.25, 0.3) is 0 Å². The van der Waals surface area contributed by atoms with Crippen molar-refractivity contribution in [2.45, 2.75) is 38.8 Å². The predicted molar refractivity (Wildman–Crippen MR) is 68.1 cm³/mol. The molecule has 2 N–H and O–H groups in total. The van der Waals surface area contributed by atoms with E-state index in [4.69, 9.17) is 5.73 Å². The summed E-state index contributed by atoms with van der Waals surface area (Å²) < 4.78 is 0. The van der Waals surface area contributed by atoms with E-state index in [9.17, 15) is 0 Å². The molecule has 0 aliphatic carbocycles. The molecule has 0 aliphatic rings. The van der Waals surface area contributed by atoms with E-state index in [1.54, 1.807) is 0 Å². The summed E-state index contributed by atoms with van der Waals surface area (Å²) in [6.45, 7) is 6.22. The van der Waals surface area contributed by atoms with Crippen molar-refractivity contribution in [3.63, 3.8) is 0 Å². The molecule has 1 aromatic heterocycles. The quantitative estimate of drug-likeness (QED) is 0.799. The molecule has 0 aromatic carbocycles. The summed E-state index contributed by atoms with van der Waals surface area (Å²) in [6.07, 6.45) is 5.89. The maximum Gasteiger partial charge on any atom is 0.0271 e. The Bertz CT molecular complexity index is 290. The van der Waals surface area contributed by atoms with Crippen LogP contribution in [-0.2, 0) is 6.54 Å². The third kappa shape index (κ3) is 5.83. The van der Waals surface area contributed by atoms with Crippen LogP contribution in [0.4, 0.5) is 0 Å². The molecule has 0 amide bonds. The average molecular weight is 221 g/mol. The lowest BCUT2D eigenvalue weighted by atomic mass is 10.00. The summed E-state index contributed by atoms with van der Waals surface area (Å²) in [5.41, 5.74) is 7.21. The van der Waals surface area contributed by atoms with Gasteiger partial charge in [-0.1, -0.05) is 0 Å². The fourth-order valence-electron chi connectivity index (χ4n) is 1.68. The molecule has 1 rings (SSSR count). The molecule has 1 heterocycles. The van der Waals surface area contributed by atoms with Gasteiger partial charge in [0.2, 0.25) is 0 Å². The number of aromatic nitrogens is 1. The zero-order chi connectivity index (χ0) is 12.0. The Labute approximate surface area is 98.7 Å². The Morgan fingerprint density at radius 2 is 1.94 bits per heavy atom. The van der Waals surface area contributed by atoms with Crippen LogP contribution in [0.5, 0.6) is 0 Å². The highest BCUT2D eigenvalue weighted by Crippen LogP contribution is 2.08. The van der Waals surface area contributed by atoms with Gasteiger partial charge in [-0.15, -0.1) is 0 Å². The van der Waals surface area contributed by atoms with E-state index in [0.717, 1.165) is 25.9 Å². The number of rotatable bonds is 6. The Morgan fingerprint density at radius 3 is 2.50 bits per heavy atom. The molecule has 0 atom stereocenters. The fourth-order valence-corrected chi connectivity index (χ4v) is 1.68. The molecular weight excluding hydrogens is 198 g/mol. The maximum absolute atomic E-state index is 5.95. The summed E-state index contributed by atoms with van der Waals surface area (Å²) in [4.78, 5) is 6.33. The van der Waals surface area contributed by atoms with Crippen LogP contribution in [0.15, 0.2) is 24.5 Å². The number of hydrogen-bond donors (Lipinski definition) is 1. The Balaban J connectivity index is 2.24. The first-order chi connectivity index (χ1) is 7.47. The largest absolute Gasteiger partial charge is 0.326 e. The highest BCUT2D eigenvalue weighted by molar-refractivity contribution is 5.09. The number of pyridine rings is 1. The summed E-state index contributed by atoms with van der Waals surface area (Å²) >= 11 is 0. The minimum atomic E-state index is -0.0441. The van der Waals surface area contributed by atoms with Gasteiger partial charge in [-0.25, -0.2) is 0 Å². The topological polar surface area (TPSA) is 42.1 Å². The zero-order valence-corrected chi connectivity index (χ0v) is 10.6. The first kappa shape index (κ1) is 13.1. The van der Waals surface area contributed by atoms with Gasteiger partial charge in [-0.3, -0.25) is 4.98 Å². The predicted octanol–water partition coefficient (Wildman–Crippen LogP) is 2.03. The van der Waals surface area contributed by atoms with Crippen molar-refractivity contribution in [2.24, 2.45) is 5.73 Å². The molecule has 0 bridgehead atoms. The van der Waals surface area contributed by atoms with Gasteiger partial charge in [-0.05, 0) is 58.0 Å². The van der Waals surface area contributed by atoms with Crippen LogP contribution in [-0.4, -0.2) is 29.0 Å². The summed E-state index contributed by atoms with van der Waals surface area (Å²) in [7, 11) is 2.14. The summed E-state index contributed by atoms with van der Waals surface area (Å²) in [5.74, 6) is 0. The van der Waals surface area contributed by atoms with Gasteiger partial charge >= 0.3 is 0 Å². The smallest absolute Gasteiger partial charge is 0.0271 e.